The van der Waals surface area contributed by atoms with Crippen LogP contribution in [0.5, 0.6) is 0 Å². The number of likely N-dealkylation sites (N-methyl/N-ethyl adjacent to an activating group) is 1. The topological polar surface area (TPSA) is 74.7 Å². The number of carboxylic acids is 1. The third-order valence-electron chi connectivity index (χ3n) is 2.39. The lowest BCUT2D eigenvalue weighted by molar-refractivity contribution is -0.141. The Hall–Kier alpha value is 0.0400. The van der Waals surface area contributed by atoms with E-state index in [1.807, 2.05) is 0 Å². The highest BCUT2D eigenvalue weighted by molar-refractivity contribution is 9.12. The van der Waals surface area contributed by atoms with Crippen molar-refractivity contribution in [3.05, 3.63) is 13.6 Å². The van der Waals surface area contributed by atoms with Gasteiger partial charge in [-0.2, -0.15) is 4.31 Å². The average Bonchev–Trinajstić information content (AvgIpc) is 2.58. The van der Waals surface area contributed by atoms with Crippen molar-refractivity contribution in [1.82, 2.24) is 4.31 Å². The van der Waals surface area contributed by atoms with Gasteiger partial charge >= 0.3 is 5.97 Å². The second kappa shape index (κ2) is 6.00. The van der Waals surface area contributed by atoms with Crippen LogP contribution in [-0.2, 0) is 14.8 Å². The summed E-state index contributed by atoms with van der Waals surface area (Å²) in [5, 5.41) is 9.00. The van der Waals surface area contributed by atoms with Crippen molar-refractivity contribution in [2.75, 3.05) is 7.05 Å². The van der Waals surface area contributed by atoms with Crippen molar-refractivity contribution in [2.24, 2.45) is 0 Å². The van der Waals surface area contributed by atoms with E-state index in [1.54, 1.807) is 6.92 Å². The van der Waals surface area contributed by atoms with Gasteiger partial charge in [-0.05, 0) is 44.3 Å². The summed E-state index contributed by atoms with van der Waals surface area (Å²) >= 11 is 7.58. The Bertz CT molecular complexity index is 555. The molecule has 0 saturated carbocycles. The van der Waals surface area contributed by atoms with Gasteiger partial charge in [0.05, 0.1) is 7.57 Å². The van der Waals surface area contributed by atoms with E-state index in [0.29, 0.717) is 7.57 Å². The largest absolute Gasteiger partial charge is 0.480 e. The smallest absolute Gasteiger partial charge is 0.321 e. The van der Waals surface area contributed by atoms with Crippen molar-refractivity contribution < 1.29 is 18.3 Å². The summed E-state index contributed by atoms with van der Waals surface area (Å²) in [7, 11) is -2.55. The molecule has 0 spiro atoms. The van der Waals surface area contributed by atoms with E-state index in [1.165, 1.54) is 24.5 Å². The molecule has 0 aromatic carbocycles. The zero-order valence-corrected chi connectivity index (χ0v) is 14.4. The van der Waals surface area contributed by atoms with Crippen LogP contribution in [0, 0.1) is 0 Å². The van der Waals surface area contributed by atoms with Gasteiger partial charge in [0.2, 0.25) is 10.0 Å². The Morgan fingerprint density at radius 1 is 1.56 bits per heavy atom. The molecule has 0 saturated heterocycles. The number of nitrogens with zero attached hydrogens (tertiary/aromatic N) is 1. The summed E-state index contributed by atoms with van der Waals surface area (Å²) in [5.74, 6) is -1.16. The van der Waals surface area contributed by atoms with Crippen LogP contribution in [0.4, 0.5) is 0 Å². The number of hydrogen-bond acceptors (Lipinski definition) is 4. The lowest BCUT2D eigenvalue weighted by Gasteiger charge is -2.22. The fraction of sp³-hybridized carbons (Fsp3) is 0.444. The monoisotopic (exact) mass is 419 g/mol. The fourth-order valence-electron chi connectivity index (χ4n) is 1.41. The van der Waals surface area contributed by atoms with Gasteiger partial charge in [0.1, 0.15) is 10.9 Å². The van der Waals surface area contributed by atoms with E-state index in [9.17, 15) is 13.2 Å². The maximum absolute atomic E-state index is 12.3. The predicted octanol–water partition coefficient (Wildman–Crippen LogP) is 2.76. The first-order valence-electron chi connectivity index (χ1n) is 4.87. The standard InChI is InChI=1S/C9H11Br2NO4S2/c1-3-5(9(13)14)12(2)18(15,16)6-4-7(10)17-8(6)11/h4-5H,3H2,1-2H3,(H,13,14). The molecule has 102 valence electrons. The van der Waals surface area contributed by atoms with Crippen LogP contribution in [0.25, 0.3) is 0 Å². The molecule has 18 heavy (non-hydrogen) atoms. The minimum absolute atomic E-state index is 0.0709. The SMILES string of the molecule is CCC(C(=O)O)N(C)S(=O)(=O)c1cc(Br)sc1Br. The van der Waals surface area contributed by atoms with Crippen molar-refractivity contribution in [3.63, 3.8) is 0 Å². The van der Waals surface area contributed by atoms with Gasteiger partial charge in [-0.15, -0.1) is 11.3 Å². The first-order valence-corrected chi connectivity index (χ1v) is 8.71. The van der Waals surface area contributed by atoms with Crippen LogP contribution in [0.3, 0.4) is 0 Å². The van der Waals surface area contributed by atoms with Gasteiger partial charge in [0.25, 0.3) is 0 Å². The third kappa shape index (κ3) is 3.13. The number of carboxylic acid groups (broad SMARTS) is 1. The first kappa shape index (κ1) is 16.1. The second-order valence-corrected chi connectivity index (χ2v) is 9.19. The summed E-state index contributed by atoms with van der Waals surface area (Å²) < 4.78 is 26.6. The Balaban J connectivity index is 3.22. The molecule has 0 bridgehead atoms. The van der Waals surface area contributed by atoms with Gasteiger partial charge in [-0.25, -0.2) is 8.42 Å². The molecule has 0 aliphatic heterocycles. The van der Waals surface area contributed by atoms with Crippen LogP contribution in [0.15, 0.2) is 18.5 Å². The highest BCUT2D eigenvalue weighted by Gasteiger charge is 2.33. The van der Waals surface area contributed by atoms with E-state index in [2.05, 4.69) is 31.9 Å². The van der Waals surface area contributed by atoms with Gasteiger partial charge in [0.15, 0.2) is 0 Å². The second-order valence-electron chi connectivity index (χ2n) is 3.47. The van der Waals surface area contributed by atoms with Crippen molar-refractivity contribution >= 4 is 59.2 Å². The highest BCUT2D eigenvalue weighted by atomic mass is 79.9. The Kier molecular flexibility index (Phi) is 5.36. The molecule has 1 atom stereocenters. The maximum atomic E-state index is 12.3. The lowest BCUT2D eigenvalue weighted by Crippen LogP contribution is -2.41. The molecule has 5 nitrogen and oxygen atoms in total. The molecule has 1 rings (SSSR count). The van der Waals surface area contributed by atoms with Crippen molar-refractivity contribution in [2.45, 2.75) is 24.3 Å². The highest BCUT2D eigenvalue weighted by Crippen LogP contribution is 2.36. The van der Waals surface area contributed by atoms with E-state index >= 15 is 0 Å². The number of aliphatic carboxylic acids is 1. The summed E-state index contributed by atoms with van der Waals surface area (Å²) in [4.78, 5) is 11.1. The molecular weight excluding hydrogens is 410 g/mol. The molecule has 0 radical (unpaired) electrons. The molecule has 1 N–H and O–H groups in total. The van der Waals surface area contributed by atoms with Crippen LogP contribution in [0.2, 0.25) is 0 Å². The van der Waals surface area contributed by atoms with Crippen LogP contribution in [0.1, 0.15) is 13.3 Å². The van der Waals surface area contributed by atoms with Gasteiger partial charge in [-0.3, -0.25) is 4.79 Å². The van der Waals surface area contributed by atoms with E-state index in [0.717, 1.165) is 4.31 Å². The number of sulfonamides is 1. The van der Waals surface area contributed by atoms with Crippen molar-refractivity contribution in [1.29, 1.82) is 0 Å². The van der Waals surface area contributed by atoms with Crippen molar-refractivity contribution in [3.8, 4) is 0 Å². The zero-order chi connectivity index (χ0) is 14.1. The molecule has 0 aliphatic rings. The quantitative estimate of drug-likeness (QED) is 0.794. The number of hydrogen-bond donors (Lipinski definition) is 1. The lowest BCUT2D eigenvalue weighted by atomic mass is 10.2. The van der Waals surface area contributed by atoms with E-state index in [4.69, 9.17) is 5.11 Å². The summed E-state index contributed by atoms with van der Waals surface area (Å²) in [6.45, 7) is 1.63. The van der Waals surface area contributed by atoms with Crippen LogP contribution < -0.4 is 0 Å². The summed E-state index contributed by atoms with van der Waals surface area (Å²) in [6, 6.07) is 0.385. The summed E-state index contributed by atoms with van der Waals surface area (Å²) in [5.41, 5.74) is 0. The normalized spacial score (nSPS) is 13.8. The minimum atomic E-state index is -3.82. The van der Waals surface area contributed by atoms with Crippen LogP contribution in [-0.4, -0.2) is 36.9 Å². The Morgan fingerprint density at radius 3 is 2.44 bits per heavy atom. The molecule has 1 aromatic rings. The molecule has 9 heteroatoms. The van der Waals surface area contributed by atoms with Gasteiger partial charge < -0.3 is 5.11 Å². The molecule has 0 aliphatic carbocycles. The minimum Gasteiger partial charge on any atom is -0.480 e. The van der Waals surface area contributed by atoms with E-state index < -0.39 is 22.0 Å². The molecular formula is C9H11Br2NO4S2. The van der Waals surface area contributed by atoms with Crippen LogP contribution >= 0.6 is 43.2 Å². The number of rotatable bonds is 5. The Morgan fingerprint density at radius 2 is 2.11 bits per heavy atom. The average molecular weight is 421 g/mol. The maximum Gasteiger partial charge on any atom is 0.321 e. The number of thiophene rings is 1. The fourth-order valence-corrected chi connectivity index (χ4v) is 6.56. The van der Waals surface area contributed by atoms with Gasteiger partial charge in [0, 0.05) is 7.05 Å². The predicted molar refractivity (Wildman–Crippen MR) is 76.4 cm³/mol. The Labute approximate surface area is 126 Å². The molecule has 0 fully saturated rings. The van der Waals surface area contributed by atoms with Gasteiger partial charge in [-0.1, -0.05) is 6.92 Å². The number of carbonyl (C=O) groups is 1. The summed E-state index contributed by atoms with van der Waals surface area (Å²) in [6.07, 6.45) is 0.202. The molecule has 1 aromatic heterocycles. The first-order chi connectivity index (χ1) is 8.21. The molecule has 0 amide bonds. The third-order valence-corrected chi connectivity index (χ3v) is 7.01. The number of halogens is 2. The van der Waals surface area contributed by atoms with E-state index in [-0.39, 0.29) is 11.3 Å². The zero-order valence-electron chi connectivity index (χ0n) is 9.55. The molecule has 1 unspecified atom stereocenters. The molecule has 1 heterocycles.